The van der Waals surface area contributed by atoms with Crippen molar-refractivity contribution < 1.29 is 5.11 Å². The molecule has 0 saturated heterocycles. The third kappa shape index (κ3) is 2.56. The molecule has 0 bridgehead atoms. The molecule has 3 heteroatoms. The molecule has 1 N–H and O–H groups in total. The van der Waals surface area contributed by atoms with Gasteiger partial charge in [0.25, 0.3) is 0 Å². The van der Waals surface area contributed by atoms with Crippen LogP contribution in [0.1, 0.15) is 25.1 Å². The summed E-state index contributed by atoms with van der Waals surface area (Å²) in [5, 5.41) is 13.5. The fourth-order valence-electron chi connectivity index (χ4n) is 1.34. The quantitative estimate of drug-likeness (QED) is 0.765. The van der Waals surface area contributed by atoms with Crippen molar-refractivity contribution in [2.75, 3.05) is 6.61 Å². The third-order valence-corrected chi connectivity index (χ3v) is 2.19. The van der Waals surface area contributed by atoms with E-state index in [-0.39, 0.29) is 12.0 Å². The van der Waals surface area contributed by atoms with Gasteiger partial charge in [0.1, 0.15) is 0 Å². The van der Waals surface area contributed by atoms with Crippen LogP contribution < -0.4 is 0 Å². The van der Waals surface area contributed by atoms with Gasteiger partial charge in [-0.15, -0.1) is 0 Å². The molecular weight excluding hydrogens is 164 g/mol. The standard InChI is InChI=1S/C10H18N2O/c1-8-6-12(4)11-9(8)5-10(2,3)7-13/h6,13H,5,7H2,1-4H3. The van der Waals surface area contributed by atoms with E-state index >= 15 is 0 Å². The Balaban J connectivity index is 2.79. The van der Waals surface area contributed by atoms with Crippen molar-refractivity contribution in [2.45, 2.75) is 27.2 Å². The highest BCUT2D eigenvalue weighted by Gasteiger charge is 2.19. The molecule has 0 aliphatic carbocycles. The van der Waals surface area contributed by atoms with Gasteiger partial charge < -0.3 is 5.11 Å². The average Bonchev–Trinajstić information content (AvgIpc) is 2.30. The van der Waals surface area contributed by atoms with E-state index in [4.69, 9.17) is 5.11 Å². The number of nitrogens with zero attached hydrogens (tertiary/aromatic N) is 2. The van der Waals surface area contributed by atoms with Gasteiger partial charge in [-0.3, -0.25) is 4.68 Å². The minimum absolute atomic E-state index is 0.0703. The Bertz CT molecular complexity index is 289. The van der Waals surface area contributed by atoms with Crippen LogP contribution in [0.15, 0.2) is 6.20 Å². The number of aryl methyl sites for hydroxylation is 2. The lowest BCUT2D eigenvalue weighted by atomic mass is 9.88. The van der Waals surface area contributed by atoms with Crippen molar-refractivity contribution in [1.82, 2.24) is 9.78 Å². The molecule has 1 rings (SSSR count). The first-order valence-electron chi connectivity index (χ1n) is 4.54. The van der Waals surface area contributed by atoms with Crippen LogP contribution in [0.5, 0.6) is 0 Å². The van der Waals surface area contributed by atoms with Crippen LogP contribution in [0.4, 0.5) is 0 Å². The highest BCUT2D eigenvalue weighted by atomic mass is 16.3. The molecule has 0 radical (unpaired) electrons. The number of hydrogen-bond acceptors (Lipinski definition) is 2. The predicted molar refractivity (Wildman–Crippen MR) is 52.5 cm³/mol. The molecule has 0 fully saturated rings. The van der Waals surface area contributed by atoms with E-state index in [0.29, 0.717) is 0 Å². The van der Waals surface area contributed by atoms with Crippen LogP contribution in [0.25, 0.3) is 0 Å². The minimum atomic E-state index is -0.0703. The lowest BCUT2D eigenvalue weighted by molar-refractivity contribution is 0.158. The number of rotatable bonds is 3. The maximum absolute atomic E-state index is 9.12. The molecule has 0 atom stereocenters. The first-order valence-corrected chi connectivity index (χ1v) is 4.54. The van der Waals surface area contributed by atoms with E-state index in [1.807, 2.05) is 31.8 Å². The molecule has 1 aromatic heterocycles. The zero-order chi connectivity index (χ0) is 10.1. The Morgan fingerprint density at radius 2 is 2.15 bits per heavy atom. The van der Waals surface area contributed by atoms with Gasteiger partial charge in [0.15, 0.2) is 0 Å². The number of aromatic nitrogens is 2. The van der Waals surface area contributed by atoms with Gasteiger partial charge in [0.2, 0.25) is 0 Å². The fraction of sp³-hybridized carbons (Fsp3) is 0.700. The molecule has 0 saturated carbocycles. The summed E-state index contributed by atoms with van der Waals surface area (Å²) >= 11 is 0. The predicted octanol–water partition coefficient (Wildman–Crippen LogP) is 1.29. The first kappa shape index (κ1) is 10.3. The van der Waals surface area contributed by atoms with Gasteiger partial charge in [-0.1, -0.05) is 13.8 Å². The summed E-state index contributed by atoms with van der Waals surface area (Å²) in [7, 11) is 1.92. The van der Waals surface area contributed by atoms with Crippen molar-refractivity contribution in [1.29, 1.82) is 0 Å². The van der Waals surface area contributed by atoms with Crippen LogP contribution in [0, 0.1) is 12.3 Å². The fourth-order valence-corrected chi connectivity index (χ4v) is 1.34. The molecule has 3 nitrogen and oxygen atoms in total. The smallest absolute Gasteiger partial charge is 0.0659 e. The molecule has 1 heterocycles. The highest BCUT2D eigenvalue weighted by Crippen LogP contribution is 2.21. The van der Waals surface area contributed by atoms with Crippen molar-refractivity contribution in [3.63, 3.8) is 0 Å². The van der Waals surface area contributed by atoms with Crippen LogP contribution in [-0.2, 0) is 13.5 Å². The zero-order valence-electron chi connectivity index (χ0n) is 8.83. The molecule has 0 unspecified atom stereocenters. The van der Waals surface area contributed by atoms with Crippen molar-refractivity contribution in [3.05, 3.63) is 17.5 Å². The molecule has 0 aliphatic rings. The van der Waals surface area contributed by atoms with Gasteiger partial charge in [0, 0.05) is 19.9 Å². The Morgan fingerprint density at radius 1 is 1.54 bits per heavy atom. The summed E-state index contributed by atoms with van der Waals surface area (Å²) < 4.78 is 1.82. The number of aliphatic hydroxyl groups is 1. The Kier molecular flexibility index (Phi) is 2.76. The lowest BCUT2D eigenvalue weighted by Crippen LogP contribution is -2.20. The summed E-state index contributed by atoms with van der Waals surface area (Å²) in [4.78, 5) is 0. The summed E-state index contributed by atoms with van der Waals surface area (Å²) in [6.07, 6.45) is 2.83. The van der Waals surface area contributed by atoms with Gasteiger partial charge in [-0.05, 0) is 24.3 Å². The minimum Gasteiger partial charge on any atom is -0.396 e. The Morgan fingerprint density at radius 3 is 2.54 bits per heavy atom. The Labute approximate surface area is 79.4 Å². The molecule has 0 amide bonds. The topological polar surface area (TPSA) is 38.0 Å². The van der Waals surface area contributed by atoms with E-state index in [1.54, 1.807) is 0 Å². The molecule has 13 heavy (non-hydrogen) atoms. The molecule has 0 aliphatic heterocycles. The normalized spacial score (nSPS) is 12.1. The third-order valence-electron chi connectivity index (χ3n) is 2.19. The van der Waals surface area contributed by atoms with E-state index in [2.05, 4.69) is 12.0 Å². The lowest BCUT2D eigenvalue weighted by Gasteiger charge is -2.20. The van der Waals surface area contributed by atoms with Crippen LogP contribution in [0.2, 0.25) is 0 Å². The SMILES string of the molecule is Cc1cn(C)nc1CC(C)(C)CO. The maximum atomic E-state index is 9.12. The van der Waals surface area contributed by atoms with E-state index < -0.39 is 0 Å². The number of hydrogen-bond donors (Lipinski definition) is 1. The monoisotopic (exact) mass is 182 g/mol. The van der Waals surface area contributed by atoms with Crippen molar-refractivity contribution >= 4 is 0 Å². The van der Waals surface area contributed by atoms with Crippen molar-refractivity contribution in [2.24, 2.45) is 12.5 Å². The highest BCUT2D eigenvalue weighted by molar-refractivity contribution is 5.16. The van der Waals surface area contributed by atoms with Crippen LogP contribution in [0.3, 0.4) is 0 Å². The molecular formula is C10H18N2O. The van der Waals surface area contributed by atoms with E-state index in [1.165, 1.54) is 5.56 Å². The Hall–Kier alpha value is -0.830. The van der Waals surface area contributed by atoms with E-state index in [9.17, 15) is 0 Å². The maximum Gasteiger partial charge on any atom is 0.0659 e. The second-order valence-electron chi connectivity index (χ2n) is 4.43. The second-order valence-corrected chi connectivity index (χ2v) is 4.43. The van der Waals surface area contributed by atoms with Gasteiger partial charge in [-0.2, -0.15) is 5.10 Å². The van der Waals surface area contributed by atoms with Crippen LogP contribution in [-0.4, -0.2) is 21.5 Å². The van der Waals surface area contributed by atoms with Gasteiger partial charge >= 0.3 is 0 Å². The van der Waals surface area contributed by atoms with Gasteiger partial charge in [-0.25, -0.2) is 0 Å². The zero-order valence-corrected chi connectivity index (χ0v) is 8.83. The van der Waals surface area contributed by atoms with Gasteiger partial charge in [0.05, 0.1) is 5.69 Å². The summed E-state index contributed by atoms with van der Waals surface area (Å²) in [5.74, 6) is 0. The first-order chi connectivity index (χ1) is 5.94. The summed E-state index contributed by atoms with van der Waals surface area (Å²) in [5.41, 5.74) is 2.21. The molecule has 0 spiro atoms. The number of aliphatic hydroxyl groups excluding tert-OH is 1. The second kappa shape index (κ2) is 3.50. The molecule has 74 valence electrons. The largest absolute Gasteiger partial charge is 0.396 e. The molecule has 1 aromatic rings. The summed E-state index contributed by atoms with van der Waals surface area (Å²) in [6.45, 7) is 6.33. The van der Waals surface area contributed by atoms with E-state index in [0.717, 1.165) is 12.1 Å². The van der Waals surface area contributed by atoms with Crippen LogP contribution >= 0.6 is 0 Å². The average molecular weight is 182 g/mol. The molecule has 0 aromatic carbocycles. The van der Waals surface area contributed by atoms with Crippen molar-refractivity contribution in [3.8, 4) is 0 Å². The summed E-state index contributed by atoms with van der Waals surface area (Å²) in [6, 6.07) is 0.